The molecule has 0 unspecified atom stereocenters. The molecule has 0 bridgehead atoms. The zero-order valence-corrected chi connectivity index (χ0v) is 16.2. The lowest BCUT2D eigenvalue weighted by Gasteiger charge is -2.09. The van der Waals surface area contributed by atoms with Crippen molar-refractivity contribution in [3.05, 3.63) is 82.6 Å². The SMILES string of the molecule is CCc1c(C(=O)NCC(=O)NCc2ccccc2)cnn1-c1cccc(Cl)c1. The number of nitrogens with one attached hydrogen (secondary N) is 2. The Morgan fingerprint density at radius 3 is 2.57 bits per heavy atom. The van der Waals surface area contributed by atoms with Crippen LogP contribution in [0.2, 0.25) is 5.02 Å². The number of carbonyl (C=O) groups is 2. The molecule has 2 aromatic carbocycles. The van der Waals surface area contributed by atoms with E-state index in [2.05, 4.69) is 15.7 Å². The van der Waals surface area contributed by atoms with Crippen LogP contribution in [0.1, 0.15) is 28.5 Å². The van der Waals surface area contributed by atoms with Crippen LogP contribution < -0.4 is 10.6 Å². The first-order valence-corrected chi connectivity index (χ1v) is 9.38. The fourth-order valence-corrected chi connectivity index (χ4v) is 3.03. The van der Waals surface area contributed by atoms with Gasteiger partial charge in [0.25, 0.3) is 5.91 Å². The molecule has 0 aliphatic carbocycles. The first kappa shape index (κ1) is 19.6. The van der Waals surface area contributed by atoms with Crippen molar-refractivity contribution < 1.29 is 9.59 Å². The van der Waals surface area contributed by atoms with Gasteiger partial charge in [-0.05, 0) is 30.2 Å². The average Bonchev–Trinajstić information content (AvgIpc) is 3.15. The van der Waals surface area contributed by atoms with Gasteiger partial charge in [-0.25, -0.2) is 4.68 Å². The molecule has 0 aliphatic heterocycles. The Labute approximate surface area is 168 Å². The zero-order valence-electron chi connectivity index (χ0n) is 15.5. The number of hydrogen-bond acceptors (Lipinski definition) is 3. The van der Waals surface area contributed by atoms with Crippen LogP contribution in [-0.4, -0.2) is 28.1 Å². The molecule has 0 radical (unpaired) electrons. The molecular weight excluding hydrogens is 376 g/mol. The van der Waals surface area contributed by atoms with Crippen molar-refractivity contribution in [1.29, 1.82) is 0 Å². The molecule has 0 fully saturated rings. The van der Waals surface area contributed by atoms with Crippen molar-refractivity contribution in [1.82, 2.24) is 20.4 Å². The first-order chi connectivity index (χ1) is 13.6. The third kappa shape index (κ3) is 4.78. The van der Waals surface area contributed by atoms with Gasteiger partial charge in [0.1, 0.15) is 0 Å². The van der Waals surface area contributed by atoms with E-state index in [0.717, 1.165) is 16.9 Å². The number of amides is 2. The standard InChI is InChI=1S/C21H21ClN4O2/c1-2-19-18(13-25-26(19)17-10-6-9-16(22)11-17)21(28)24-14-20(27)23-12-15-7-4-3-5-8-15/h3-11,13H,2,12,14H2,1H3,(H,23,27)(H,24,28). The summed E-state index contributed by atoms with van der Waals surface area (Å²) in [7, 11) is 0. The smallest absolute Gasteiger partial charge is 0.255 e. The molecule has 2 amide bonds. The fraction of sp³-hybridized carbons (Fsp3) is 0.190. The molecule has 0 saturated carbocycles. The Bertz CT molecular complexity index is 970. The van der Waals surface area contributed by atoms with Crippen LogP contribution in [0.4, 0.5) is 0 Å². The first-order valence-electron chi connectivity index (χ1n) is 9.00. The van der Waals surface area contributed by atoms with Gasteiger partial charge in [-0.15, -0.1) is 0 Å². The predicted molar refractivity (Wildman–Crippen MR) is 109 cm³/mol. The lowest BCUT2D eigenvalue weighted by molar-refractivity contribution is -0.120. The highest BCUT2D eigenvalue weighted by Gasteiger charge is 2.17. The zero-order chi connectivity index (χ0) is 19.9. The van der Waals surface area contributed by atoms with E-state index in [1.807, 2.05) is 49.4 Å². The third-order valence-electron chi connectivity index (χ3n) is 4.24. The number of rotatable bonds is 7. The van der Waals surface area contributed by atoms with Crippen LogP contribution in [0.25, 0.3) is 5.69 Å². The van der Waals surface area contributed by atoms with E-state index in [1.54, 1.807) is 16.8 Å². The van der Waals surface area contributed by atoms with Crippen LogP contribution in [0.15, 0.2) is 60.8 Å². The van der Waals surface area contributed by atoms with Gasteiger partial charge in [0.2, 0.25) is 5.91 Å². The van der Waals surface area contributed by atoms with Crippen molar-refractivity contribution in [2.45, 2.75) is 19.9 Å². The van der Waals surface area contributed by atoms with E-state index in [9.17, 15) is 9.59 Å². The second kappa shape index (κ2) is 9.19. The van der Waals surface area contributed by atoms with E-state index in [-0.39, 0.29) is 18.4 Å². The number of aromatic nitrogens is 2. The molecule has 6 nitrogen and oxygen atoms in total. The number of carbonyl (C=O) groups excluding carboxylic acids is 2. The van der Waals surface area contributed by atoms with Gasteiger partial charge >= 0.3 is 0 Å². The highest BCUT2D eigenvalue weighted by Crippen LogP contribution is 2.19. The average molecular weight is 397 g/mol. The van der Waals surface area contributed by atoms with Crippen LogP contribution in [0.5, 0.6) is 0 Å². The third-order valence-corrected chi connectivity index (χ3v) is 4.48. The summed E-state index contributed by atoms with van der Waals surface area (Å²) in [6, 6.07) is 16.9. The van der Waals surface area contributed by atoms with Crippen LogP contribution in [-0.2, 0) is 17.8 Å². The molecule has 3 rings (SSSR count). The maximum absolute atomic E-state index is 12.5. The van der Waals surface area contributed by atoms with Gasteiger partial charge < -0.3 is 10.6 Å². The van der Waals surface area contributed by atoms with Crippen LogP contribution >= 0.6 is 11.6 Å². The molecular formula is C21H21ClN4O2. The Hall–Kier alpha value is -3.12. The van der Waals surface area contributed by atoms with Gasteiger partial charge in [0.15, 0.2) is 0 Å². The minimum atomic E-state index is -0.333. The normalized spacial score (nSPS) is 10.5. The Kier molecular flexibility index (Phi) is 6.45. The molecule has 0 atom stereocenters. The maximum Gasteiger partial charge on any atom is 0.255 e. The minimum Gasteiger partial charge on any atom is -0.350 e. The molecule has 144 valence electrons. The van der Waals surface area contributed by atoms with Crippen LogP contribution in [0, 0.1) is 0 Å². The summed E-state index contributed by atoms with van der Waals surface area (Å²) in [6.07, 6.45) is 2.12. The van der Waals surface area contributed by atoms with Gasteiger partial charge in [-0.2, -0.15) is 5.10 Å². The molecule has 1 aromatic heterocycles. The number of benzene rings is 2. The van der Waals surface area contributed by atoms with Crippen molar-refractivity contribution in [3.63, 3.8) is 0 Å². The number of nitrogens with zero attached hydrogens (tertiary/aromatic N) is 2. The fourth-order valence-electron chi connectivity index (χ4n) is 2.85. The van der Waals surface area contributed by atoms with Crippen LogP contribution in [0.3, 0.4) is 0 Å². The van der Waals surface area contributed by atoms with Gasteiger partial charge in [-0.1, -0.05) is 54.9 Å². The molecule has 0 saturated heterocycles. The molecule has 3 aromatic rings. The van der Waals surface area contributed by atoms with E-state index < -0.39 is 0 Å². The summed E-state index contributed by atoms with van der Waals surface area (Å²) in [5.41, 5.74) is 2.98. The topological polar surface area (TPSA) is 76.0 Å². The molecule has 28 heavy (non-hydrogen) atoms. The highest BCUT2D eigenvalue weighted by atomic mass is 35.5. The van der Waals surface area contributed by atoms with Crippen molar-refractivity contribution in [3.8, 4) is 5.69 Å². The lowest BCUT2D eigenvalue weighted by atomic mass is 10.2. The summed E-state index contributed by atoms with van der Waals surface area (Å²) in [5.74, 6) is -0.586. The molecule has 1 heterocycles. The number of halogens is 1. The van der Waals surface area contributed by atoms with E-state index in [1.165, 1.54) is 6.20 Å². The lowest BCUT2D eigenvalue weighted by Crippen LogP contribution is -2.36. The van der Waals surface area contributed by atoms with Crippen molar-refractivity contribution in [2.75, 3.05) is 6.54 Å². The molecule has 2 N–H and O–H groups in total. The van der Waals surface area contributed by atoms with Crippen molar-refractivity contribution >= 4 is 23.4 Å². The Balaban J connectivity index is 1.62. The molecule has 0 spiro atoms. The summed E-state index contributed by atoms with van der Waals surface area (Å²) >= 11 is 6.05. The molecule has 7 heteroatoms. The predicted octanol–water partition coefficient (Wildman–Crippen LogP) is 3.13. The second-order valence-corrected chi connectivity index (χ2v) is 6.63. The van der Waals surface area contributed by atoms with E-state index in [0.29, 0.717) is 23.6 Å². The summed E-state index contributed by atoms with van der Waals surface area (Å²) in [5, 5.41) is 10.4. The monoisotopic (exact) mass is 396 g/mol. The van der Waals surface area contributed by atoms with Crippen molar-refractivity contribution in [2.24, 2.45) is 0 Å². The van der Waals surface area contributed by atoms with Gasteiger partial charge in [-0.3, -0.25) is 9.59 Å². The summed E-state index contributed by atoms with van der Waals surface area (Å²) in [6.45, 7) is 2.26. The number of hydrogen-bond donors (Lipinski definition) is 2. The minimum absolute atomic E-state index is 0.100. The second-order valence-electron chi connectivity index (χ2n) is 6.20. The summed E-state index contributed by atoms with van der Waals surface area (Å²) in [4.78, 5) is 24.6. The maximum atomic E-state index is 12.5. The highest BCUT2D eigenvalue weighted by molar-refractivity contribution is 6.30. The summed E-state index contributed by atoms with van der Waals surface area (Å²) < 4.78 is 1.69. The van der Waals surface area contributed by atoms with Gasteiger partial charge in [0.05, 0.1) is 29.7 Å². The quantitative estimate of drug-likeness (QED) is 0.644. The Morgan fingerprint density at radius 1 is 1.07 bits per heavy atom. The van der Waals surface area contributed by atoms with Gasteiger partial charge in [0, 0.05) is 11.6 Å². The van der Waals surface area contributed by atoms with E-state index in [4.69, 9.17) is 11.6 Å². The Morgan fingerprint density at radius 2 is 1.86 bits per heavy atom. The largest absolute Gasteiger partial charge is 0.350 e. The van der Waals surface area contributed by atoms with E-state index >= 15 is 0 Å². The molecule has 0 aliphatic rings.